The second-order valence-electron chi connectivity index (χ2n) is 4.90. The zero-order chi connectivity index (χ0) is 14.5. The number of anilines is 1. The number of nitrogens with zero attached hydrogens (tertiary/aromatic N) is 2. The van der Waals surface area contributed by atoms with Gasteiger partial charge < -0.3 is 16.2 Å². The largest absolute Gasteiger partial charge is 0.477 e. The number of carboxylic acid groups (broad SMARTS) is 1. The molecule has 1 saturated heterocycles. The summed E-state index contributed by atoms with van der Waals surface area (Å²) in [5, 5.41) is 11.4. The van der Waals surface area contributed by atoms with Crippen LogP contribution in [0.3, 0.4) is 0 Å². The smallest absolute Gasteiger partial charge is 0.354 e. The van der Waals surface area contributed by atoms with Crippen molar-refractivity contribution in [2.75, 3.05) is 25.0 Å². The fraction of sp³-hybridized carbons (Fsp3) is 0.462. The van der Waals surface area contributed by atoms with Gasteiger partial charge in [0.2, 0.25) is 5.91 Å². The molecular weight excluding hydrogens is 260 g/mol. The average Bonchev–Trinajstić information content (AvgIpc) is 2.42. The molecule has 0 bridgehead atoms. The van der Waals surface area contributed by atoms with E-state index >= 15 is 0 Å². The Bertz CT molecular complexity index is 481. The van der Waals surface area contributed by atoms with Crippen LogP contribution in [0, 0.1) is 0 Å². The van der Waals surface area contributed by atoms with Gasteiger partial charge in [-0.1, -0.05) is 0 Å². The van der Waals surface area contributed by atoms with Crippen molar-refractivity contribution in [3.63, 3.8) is 0 Å². The van der Waals surface area contributed by atoms with Crippen LogP contribution in [0.15, 0.2) is 18.3 Å². The Kier molecular flexibility index (Phi) is 4.65. The van der Waals surface area contributed by atoms with Gasteiger partial charge in [0.05, 0.1) is 18.4 Å². The maximum absolute atomic E-state index is 11.9. The molecule has 0 radical (unpaired) electrons. The predicted octanol–water partition coefficient (Wildman–Crippen LogP) is 0.141. The quantitative estimate of drug-likeness (QED) is 0.723. The molecule has 108 valence electrons. The van der Waals surface area contributed by atoms with Gasteiger partial charge in [0.15, 0.2) is 0 Å². The summed E-state index contributed by atoms with van der Waals surface area (Å²) in [4.78, 5) is 28.3. The third-order valence-corrected chi connectivity index (χ3v) is 3.27. The number of hydrogen-bond donors (Lipinski definition) is 3. The number of aromatic nitrogens is 1. The lowest BCUT2D eigenvalue weighted by Gasteiger charge is -2.29. The maximum atomic E-state index is 11.9. The van der Waals surface area contributed by atoms with E-state index in [1.165, 1.54) is 18.3 Å². The zero-order valence-electron chi connectivity index (χ0n) is 11.1. The Morgan fingerprint density at radius 3 is 2.65 bits per heavy atom. The van der Waals surface area contributed by atoms with Crippen LogP contribution in [0.1, 0.15) is 23.3 Å². The van der Waals surface area contributed by atoms with Crippen molar-refractivity contribution >= 4 is 17.6 Å². The lowest BCUT2D eigenvalue weighted by molar-refractivity contribution is -0.117. The van der Waals surface area contributed by atoms with E-state index in [2.05, 4.69) is 15.2 Å². The van der Waals surface area contributed by atoms with Gasteiger partial charge in [0.1, 0.15) is 5.69 Å². The van der Waals surface area contributed by atoms with Crippen LogP contribution in [0.25, 0.3) is 0 Å². The van der Waals surface area contributed by atoms with Crippen LogP contribution in [0.4, 0.5) is 5.69 Å². The van der Waals surface area contributed by atoms with Gasteiger partial charge in [0, 0.05) is 19.1 Å². The van der Waals surface area contributed by atoms with Crippen LogP contribution in [-0.4, -0.2) is 52.5 Å². The molecule has 2 rings (SSSR count). The Morgan fingerprint density at radius 2 is 2.10 bits per heavy atom. The summed E-state index contributed by atoms with van der Waals surface area (Å²) in [6.45, 7) is 1.96. The minimum atomic E-state index is -1.09. The Hall–Kier alpha value is -1.99. The van der Waals surface area contributed by atoms with E-state index in [-0.39, 0.29) is 17.6 Å². The van der Waals surface area contributed by atoms with E-state index in [4.69, 9.17) is 10.8 Å². The third kappa shape index (κ3) is 4.01. The molecule has 20 heavy (non-hydrogen) atoms. The number of likely N-dealkylation sites (tertiary alicyclic amines) is 1. The fourth-order valence-electron chi connectivity index (χ4n) is 2.11. The molecule has 0 saturated carbocycles. The summed E-state index contributed by atoms with van der Waals surface area (Å²) in [7, 11) is 0. The minimum Gasteiger partial charge on any atom is -0.477 e. The predicted molar refractivity (Wildman–Crippen MR) is 73.5 cm³/mol. The molecule has 2 heterocycles. The molecular formula is C13H18N4O3. The van der Waals surface area contributed by atoms with Crippen LogP contribution >= 0.6 is 0 Å². The lowest BCUT2D eigenvalue weighted by atomic mass is 10.1. The van der Waals surface area contributed by atoms with E-state index in [0.717, 1.165) is 25.9 Å². The Morgan fingerprint density at radius 1 is 1.40 bits per heavy atom. The summed E-state index contributed by atoms with van der Waals surface area (Å²) in [5.41, 5.74) is 6.25. The second kappa shape index (κ2) is 6.44. The number of nitrogens with two attached hydrogens (primary N) is 1. The standard InChI is InChI=1S/C13H18N4O3/c14-9-3-5-17(6-4-9)8-12(18)16-10-1-2-11(13(19)20)15-7-10/h1-2,7,9H,3-6,8,14H2,(H,16,18)(H,19,20). The molecule has 1 aromatic rings. The second-order valence-corrected chi connectivity index (χ2v) is 4.90. The molecule has 7 nitrogen and oxygen atoms in total. The summed E-state index contributed by atoms with van der Waals surface area (Å²) in [5.74, 6) is -1.22. The molecule has 4 N–H and O–H groups in total. The summed E-state index contributed by atoms with van der Waals surface area (Å²) >= 11 is 0. The average molecular weight is 278 g/mol. The molecule has 0 unspecified atom stereocenters. The van der Waals surface area contributed by atoms with Crippen molar-refractivity contribution < 1.29 is 14.7 Å². The number of amides is 1. The fourth-order valence-corrected chi connectivity index (χ4v) is 2.11. The Labute approximate surface area is 116 Å². The molecule has 1 aromatic heterocycles. The molecule has 0 aromatic carbocycles. The SMILES string of the molecule is NC1CCN(CC(=O)Nc2ccc(C(=O)O)nc2)CC1. The first-order chi connectivity index (χ1) is 9.54. The zero-order valence-corrected chi connectivity index (χ0v) is 11.1. The third-order valence-electron chi connectivity index (χ3n) is 3.27. The number of rotatable bonds is 4. The van der Waals surface area contributed by atoms with Crippen LogP contribution in [0.5, 0.6) is 0 Å². The minimum absolute atomic E-state index is 0.0481. The number of carboxylic acids is 1. The molecule has 0 spiro atoms. The van der Waals surface area contributed by atoms with Gasteiger partial charge in [-0.05, 0) is 25.0 Å². The summed E-state index contributed by atoms with van der Waals surface area (Å²) in [6.07, 6.45) is 3.15. The molecule has 0 aliphatic carbocycles. The number of hydrogen-bond acceptors (Lipinski definition) is 5. The molecule has 1 aliphatic rings. The van der Waals surface area contributed by atoms with Crippen molar-refractivity contribution in [1.82, 2.24) is 9.88 Å². The lowest BCUT2D eigenvalue weighted by Crippen LogP contribution is -2.43. The first-order valence-electron chi connectivity index (χ1n) is 6.52. The van der Waals surface area contributed by atoms with E-state index in [1.807, 2.05) is 0 Å². The number of carbonyl (C=O) groups excluding carboxylic acids is 1. The van der Waals surface area contributed by atoms with Gasteiger partial charge in [0.25, 0.3) is 0 Å². The van der Waals surface area contributed by atoms with Crippen LogP contribution in [0.2, 0.25) is 0 Å². The first-order valence-corrected chi connectivity index (χ1v) is 6.52. The van der Waals surface area contributed by atoms with Crippen molar-refractivity contribution in [2.45, 2.75) is 18.9 Å². The van der Waals surface area contributed by atoms with E-state index < -0.39 is 5.97 Å². The first kappa shape index (κ1) is 14.4. The summed E-state index contributed by atoms with van der Waals surface area (Å²) in [6, 6.07) is 3.13. The van der Waals surface area contributed by atoms with Crippen molar-refractivity contribution in [3.05, 3.63) is 24.0 Å². The topological polar surface area (TPSA) is 109 Å². The van der Waals surface area contributed by atoms with E-state index in [9.17, 15) is 9.59 Å². The number of aromatic carboxylic acids is 1. The van der Waals surface area contributed by atoms with E-state index in [0.29, 0.717) is 12.2 Å². The van der Waals surface area contributed by atoms with Crippen molar-refractivity contribution in [1.29, 1.82) is 0 Å². The maximum Gasteiger partial charge on any atom is 0.354 e. The van der Waals surface area contributed by atoms with Gasteiger partial charge in [-0.3, -0.25) is 9.69 Å². The van der Waals surface area contributed by atoms with Crippen molar-refractivity contribution in [3.8, 4) is 0 Å². The van der Waals surface area contributed by atoms with Gasteiger partial charge in [-0.15, -0.1) is 0 Å². The Balaban J connectivity index is 1.83. The molecule has 1 fully saturated rings. The van der Waals surface area contributed by atoms with E-state index in [1.54, 1.807) is 0 Å². The molecule has 7 heteroatoms. The number of nitrogens with one attached hydrogen (secondary N) is 1. The summed E-state index contributed by atoms with van der Waals surface area (Å²) < 4.78 is 0. The number of pyridine rings is 1. The number of carbonyl (C=O) groups is 2. The highest BCUT2D eigenvalue weighted by molar-refractivity contribution is 5.92. The normalized spacial score (nSPS) is 16.9. The van der Waals surface area contributed by atoms with Gasteiger partial charge >= 0.3 is 5.97 Å². The monoisotopic (exact) mass is 278 g/mol. The van der Waals surface area contributed by atoms with Crippen molar-refractivity contribution in [2.24, 2.45) is 5.73 Å². The highest BCUT2D eigenvalue weighted by atomic mass is 16.4. The van der Waals surface area contributed by atoms with Crippen LogP contribution in [-0.2, 0) is 4.79 Å². The molecule has 1 amide bonds. The highest BCUT2D eigenvalue weighted by Crippen LogP contribution is 2.09. The van der Waals surface area contributed by atoms with Crippen LogP contribution < -0.4 is 11.1 Å². The molecule has 1 aliphatic heterocycles. The number of piperidine rings is 1. The van der Waals surface area contributed by atoms with Gasteiger partial charge in [-0.25, -0.2) is 9.78 Å². The van der Waals surface area contributed by atoms with Gasteiger partial charge in [-0.2, -0.15) is 0 Å². The molecule has 0 atom stereocenters. The highest BCUT2D eigenvalue weighted by Gasteiger charge is 2.18.